The van der Waals surface area contributed by atoms with Gasteiger partial charge in [-0.15, -0.1) is 0 Å². The molecule has 0 aliphatic rings. The van der Waals surface area contributed by atoms with Crippen molar-refractivity contribution >= 4 is 11.9 Å². The number of rotatable bonds is 5. The van der Waals surface area contributed by atoms with Gasteiger partial charge in [0.05, 0.1) is 6.10 Å². The van der Waals surface area contributed by atoms with Crippen LogP contribution in [0.2, 0.25) is 0 Å². The van der Waals surface area contributed by atoms with Gasteiger partial charge < -0.3 is 9.84 Å². The second kappa shape index (κ2) is 11.0. The van der Waals surface area contributed by atoms with Crippen LogP contribution in [-0.2, 0) is 14.3 Å². The SMILES string of the molecule is CCC(C)OC(=O)CC(=O)O.CCCC. The average molecular weight is 218 g/mol. The summed E-state index contributed by atoms with van der Waals surface area (Å²) < 4.78 is 4.69. The maximum Gasteiger partial charge on any atom is 0.317 e. The van der Waals surface area contributed by atoms with Gasteiger partial charge in [0, 0.05) is 0 Å². The Hall–Kier alpha value is -1.06. The summed E-state index contributed by atoms with van der Waals surface area (Å²) in [6.45, 7) is 7.94. The molecule has 0 fully saturated rings. The first kappa shape index (κ1) is 16.4. The lowest BCUT2D eigenvalue weighted by atomic mass is 10.3. The maximum absolute atomic E-state index is 10.6. The summed E-state index contributed by atoms with van der Waals surface area (Å²) in [5.74, 6) is -1.83. The van der Waals surface area contributed by atoms with E-state index in [1.54, 1.807) is 6.92 Å². The Kier molecular flexibility index (Phi) is 12.0. The molecule has 4 nitrogen and oxygen atoms in total. The van der Waals surface area contributed by atoms with Crippen LogP contribution in [0.25, 0.3) is 0 Å². The molecule has 90 valence electrons. The van der Waals surface area contributed by atoms with Gasteiger partial charge in [0.25, 0.3) is 0 Å². The van der Waals surface area contributed by atoms with Crippen molar-refractivity contribution in [2.24, 2.45) is 0 Å². The molecule has 0 aliphatic heterocycles. The molecule has 0 aromatic carbocycles. The molecule has 0 aromatic rings. The fourth-order valence-electron chi connectivity index (χ4n) is 0.473. The fraction of sp³-hybridized carbons (Fsp3) is 0.818. The molecule has 0 aromatic heterocycles. The molecule has 1 N–H and O–H groups in total. The number of esters is 1. The average Bonchev–Trinajstić information content (AvgIpc) is 2.16. The molecule has 0 spiro atoms. The van der Waals surface area contributed by atoms with Crippen LogP contribution in [0, 0.1) is 0 Å². The van der Waals surface area contributed by atoms with Crippen molar-refractivity contribution in [3.05, 3.63) is 0 Å². The normalized spacial score (nSPS) is 10.9. The van der Waals surface area contributed by atoms with Crippen molar-refractivity contribution in [1.82, 2.24) is 0 Å². The molecule has 0 heterocycles. The predicted octanol–water partition coefficient (Wildman–Crippen LogP) is 2.61. The van der Waals surface area contributed by atoms with Gasteiger partial charge in [0.2, 0.25) is 0 Å². The van der Waals surface area contributed by atoms with E-state index in [-0.39, 0.29) is 6.10 Å². The van der Waals surface area contributed by atoms with E-state index >= 15 is 0 Å². The van der Waals surface area contributed by atoms with E-state index in [0.717, 1.165) is 0 Å². The quantitative estimate of drug-likeness (QED) is 0.569. The second-order valence-corrected chi connectivity index (χ2v) is 3.28. The van der Waals surface area contributed by atoms with E-state index < -0.39 is 18.4 Å². The summed E-state index contributed by atoms with van der Waals surface area (Å²) in [4.78, 5) is 20.6. The van der Waals surface area contributed by atoms with Gasteiger partial charge in [-0.05, 0) is 13.3 Å². The van der Waals surface area contributed by atoms with Crippen molar-refractivity contribution in [1.29, 1.82) is 0 Å². The number of hydrogen-bond acceptors (Lipinski definition) is 3. The smallest absolute Gasteiger partial charge is 0.317 e. The number of unbranched alkanes of at least 4 members (excludes halogenated alkanes) is 1. The molecular weight excluding hydrogens is 196 g/mol. The summed E-state index contributed by atoms with van der Waals surface area (Å²) in [7, 11) is 0. The fourth-order valence-corrected chi connectivity index (χ4v) is 0.473. The highest BCUT2D eigenvalue weighted by Crippen LogP contribution is 1.98. The molecule has 15 heavy (non-hydrogen) atoms. The minimum atomic E-state index is -1.15. The number of carboxylic acid groups (broad SMARTS) is 1. The van der Waals surface area contributed by atoms with E-state index in [9.17, 15) is 9.59 Å². The lowest BCUT2D eigenvalue weighted by molar-refractivity contribution is -0.154. The van der Waals surface area contributed by atoms with Crippen molar-refractivity contribution in [2.45, 2.75) is 59.5 Å². The summed E-state index contributed by atoms with van der Waals surface area (Å²) in [5.41, 5.74) is 0. The number of hydrogen-bond donors (Lipinski definition) is 1. The molecule has 1 unspecified atom stereocenters. The van der Waals surface area contributed by atoms with E-state index in [2.05, 4.69) is 13.8 Å². The van der Waals surface area contributed by atoms with Gasteiger partial charge in [0.15, 0.2) is 0 Å². The van der Waals surface area contributed by atoms with Gasteiger partial charge >= 0.3 is 11.9 Å². The molecule has 0 rings (SSSR count). The predicted molar refractivity (Wildman–Crippen MR) is 58.7 cm³/mol. The summed E-state index contributed by atoms with van der Waals surface area (Å²) in [6, 6.07) is 0. The standard InChI is InChI=1S/C7H12O4.C4H10/c1-3-5(2)11-7(10)4-6(8)9;1-3-4-2/h5H,3-4H2,1-2H3,(H,8,9);3-4H2,1-2H3. The number of carbonyl (C=O) groups excluding carboxylic acids is 1. The zero-order valence-electron chi connectivity index (χ0n) is 10.1. The highest BCUT2D eigenvalue weighted by Gasteiger charge is 2.11. The van der Waals surface area contributed by atoms with E-state index in [1.165, 1.54) is 12.8 Å². The molecule has 0 amide bonds. The molecule has 0 saturated heterocycles. The van der Waals surface area contributed by atoms with Crippen LogP contribution in [0.5, 0.6) is 0 Å². The Balaban J connectivity index is 0. The minimum absolute atomic E-state index is 0.193. The molecule has 4 heteroatoms. The van der Waals surface area contributed by atoms with Crippen molar-refractivity contribution in [3.8, 4) is 0 Å². The van der Waals surface area contributed by atoms with Crippen LogP contribution in [0.3, 0.4) is 0 Å². The molecule has 0 radical (unpaired) electrons. The first-order chi connectivity index (χ1) is 6.97. The summed E-state index contributed by atoms with van der Waals surface area (Å²) in [5, 5.41) is 8.17. The van der Waals surface area contributed by atoms with E-state index in [0.29, 0.717) is 6.42 Å². The Morgan fingerprint density at radius 3 is 1.93 bits per heavy atom. The van der Waals surface area contributed by atoms with Gasteiger partial charge in [0.1, 0.15) is 6.42 Å². The molecule has 1 atom stereocenters. The van der Waals surface area contributed by atoms with Crippen LogP contribution >= 0.6 is 0 Å². The highest BCUT2D eigenvalue weighted by atomic mass is 16.5. The lowest BCUT2D eigenvalue weighted by Crippen LogP contribution is -2.16. The van der Waals surface area contributed by atoms with Crippen molar-refractivity contribution in [2.75, 3.05) is 0 Å². The van der Waals surface area contributed by atoms with Gasteiger partial charge in [-0.3, -0.25) is 9.59 Å². The zero-order chi connectivity index (χ0) is 12.3. The van der Waals surface area contributed by atoms with Crippen LogP contribution in [0.15, 0.2) is 0 Å². The number of carbonyl (C=O) groups is 2. The maximum atomic E-state index is 10.6. The zero-order valence-corrected chi connectivity index (χ0v) is 10.1. The monoisotopic (exact) mass is 218 g/mol. The number of aliphatic carboxylic acids is 1. The minimum Gasteiger partial charge on any atom is -0.481 e. The Morgan fingerprint density at radius 1 is 1.20 bits per heavy atom. The first-order valence-electron chi connectivity index (χ1n) is 5.39. The number of carboxylic acids is 1. The van der Waals surface area contributed by atoms with Crippen LogP contribution in [-0.4, -0.2) is 23.1 Å². The van der Waals surface area contributed by atoms with Crippen molar-refractivity contribution in [3.63, 3.8) is 0 Å². The second-order valence-electron chi connectivity index (χ2n) is 3.28. The Morgan fingerprint density at radius 2 is 1.67 bits per heavy atom. The van der Waals surface area contributed by atoms with Gasteiger partial charge in [-0.1, -0.05) is 33.6 Å². The molecule has 0 saturated carbocycles. The molecule has 0 aliphatic carbocycles. The van der Waals surface area contributed by atoms with E-state index in [4.69, 9.17) is 9.84 Å². The van der Waals surface area contributed by atoms with Crippen LogP contribution in [0.4, 0.5) is 0 Å². The first-order valence-corrected chi connectivity index (χ1v) is 5.39. The van der Waals surface area contributed by atoms with E-state index in [1.807, 2.05) is 6.92 Å². The molecular formula is C11H22O4. The largest absolute Gasteiger partial charge is 0.481 e. The van der Waals surface area contributed by atoms with Gasteiger partial charge in [-0.2, -0.15) is 0 Å². The van der Waals surface area contributed by atoms with Crippen molar-refractivity contribution < 1.29 is 19.4 Å². The van der Waals surface area contributed by atoms with Crippen LogP contribution < -0.4 is 0 Å². The number of ether oxygens (including phenoxy) is 1. The summed E-state index contributed by atoms with van der Waals surface area (Å²) >= 11 is 0. The Bertz CT molecular complexity index is 175. The third-order valence-corrected chi connectivity index (χ3v) is 1.70. The Labute approximate surface area is 91.6 Å². The summed E-state index contributed by atoms with van der Waals surface area (Å²) in [6.07, 6.45) is 2.59. The highest BCUT2D eigenvalue weighted by molar-refractivity contribution is 5.90. The third-order valence-electron chi connectivity index (χ3n) is 1.70. The molecule has 0 bridgehead atoms. The third kappa shape index (κ3) is 15.7. The topological polar surface area (TPSA) is 63.6 Å². The van der Waals surface area contributed by atoms with Crippen LogP contribution in [0.1, 0.15) is 53.4 Å². The van der Waals surface area contributed by atoms with Gasteiger partial charge in [-0.25, -0.2) is 0 Å². The lowest BCUT2D eigenvalue weighted by Gasteiger charge is -2.08.